The zero-order valence-corrected chi connectivity index (χ0v) is 16.8. The third-order valence-electron chi connectivity index (χ3n) is 5.02. The normalized spacial score (nSPS) is 21.0. The highest BCUT2D eigenvalue weighted by Gasteiger charge is 2.40. The van der Waals surface area contributed by atoms with Gasteiger partial charge in [0.1, 0.15) is 11.9 Å². The minimum absolute atomic E-state index is 0.315. The molecule has 1 saturated heterocycles. The van der Waals surface area contributed by atoms with Crippen molar-refractivity contribution in [3.8, 4) is 0 Å². The second kappa shape index (κ2) is 7.59. The van der Waals surface area contributed by atoms with Crippen molar-refractivity contribution in [1.82, 2.24) is 19.4 Å². The molecule has 0 unspecified atom stereocenters. The van der Waals surface area contributed by atoms with Crippen molar-refractivity contribution >= 4 is 27.7 Å². The van der Waals surface area contributed by atoms with E-state index in [-0.39, 0.29) is 18.4 Å². The van der Waals surface area contributed by atoms with Crippen LogP contribution in [0.2, 0.25) is 0 Å². The van der Waals surface area contributed by atoms with Crippen molar-refractivity contribution in [2.75, 3.05) is 30.8 Å². The molecular formula is C17H27N5O4S. The van der Waals surface area contributed by atoms with Crippen molar-refractivity contribution in [3.05, 3.63) is 11.8 Å². The van der Waals surface area contributed by atoms with Crippen LogP contribution in [0.3, 0.4) is 0 Å². The first-order valence-corrected chi connectivity index (χ1v) is 11.1. The summed E-state index contributed by atoms with van der Waals surface area (Å²) in [6, 6.07) is 0.920. The third kappa shape index (κ3) is 4.67. The van der Waals surface area contributed by atoms with Gasteiger partial charge < -0.3 is 5.32 Å². The van der Waals surface area contributed by atoms with Crippen molar-refractivity contribution in [2.45, 2.75) is 38.6 Å². The highest BCUT2D eigenvalue weighted by Crippen LogP contribution is 2.28. The van der Waals surface area contributed by atoms with Crippen LogP contribution in [-0.4, -0.2) is 66.2 Å². The van der Waals surface area contributed by atoms with E-state index < -0.39 is 16.1 Å². The summed E-state index contributed by atoms with van der Waals surface area (Å²) in [5, 5.41) is 7.03. The molecular weight excluding hydrogens is 370 g/mol. The molecule has 0 bridgehead atoms. The highest BCUT2D eigenvalue weighted by atomic mass is 32.2. The average Bonchev–Trinajstić information content (AvgIpc) is 3.34. The lowest BCUT2D eigenvalue weighted by Crippen LogP contribution is -2.56. The van der Waals surface area contributed by atoms with Crippen LogP contribution in [0.5, 0.6) is 0 Å². The summed E-state index contributed by atoms with van der Waals surface area (Å²) in [4.78, 5) is 26.9. The van der Waals surface area contributed by atoms with E-state index in [9.17, 15) is 18.0 Å². The Morgan fingerprint density at radius 2 is 2.07 bits per heavy atom. The van der Waals surface area contributed by atoms with E-state index in [4.69, 9.17) is 0 Å². The van der Waals surface area contributed by atoms with Crippen LogP contribution in [0.4, 0.5) is 5.82 Å². The molecule has 150 valence electrons. The fourth-order valence-corrected chi connectivity index (χ4v) is 4.45. The van der Waals surface area contributed by atoms with E-state index >= 15 is 0 Å². The second-order valence-electron chi connectivity index (χ2n) is 7.47. The van der Waals surface area contributed by atoms with E-state index in [0.29, 0.717) is 37.7 Å². The Bertz CT molecular complexity index is 830. The van der Waals surface area contributed by atoms with Gasteiger partial charge in [0, 0.05) is 26.2 Å². The summed E-state index contributed by atoms with van der Waals surface area (Å²) in [6.45, 7) is 2.57. The lowest BCUT2D eigenvalue weighted by Gasteiger charge is -2.36. The van der Waals surface area contributed by atoms with Gasteiger partial charge in [-0.2, -0.15) is 9.40 Å². The van der Waals surface area contributed by atoms with E-state index in [0.717, 1.165) is 29.1 Å². The van der Waals surface area contributed by atoms with Gasteiger partial charge in [-0.15, -0.1) is 0 Å². The molecule has 2 amide bonds. The number of amides is 2. The largest absolute Gasteiger partial charge is 0.355 e. The fourth-order valence-electron chi connectivity index (χ4n) is 3.44. The lowest BCUT2D eigenvalue weighted by molar-refractivity contribution is -0.125. The Labute approximate surface area is 159 Å². The molecule has 0 aromatic carbocycles. The number of nitrogens with zero attached hydrogens (tertiary/aromatic N) is 4. The minimum Gasteiger partial charge on any atom is -0.355 e. The monoisotopic (exact) mass is 397 g/mol. The maximum atomic E-state index is 13.1. The Morgan fingerprint density at radius 1 is 1.37 bits per heavy atom. The lowest BCUT2D eigenvalue weighted by atomic mass is 10.0. The second-order valence-corrected chi connectivity index (χ2v) is 9.41. The molecule has 1 saturated carbocycles. The van der Waals surface area contributed by atoms with E-state index in [1.807, 2.05) is 6.92 Å². The summed E-state index contributed by atoms with van der Waals surface area (Å²) in [7, 11) is -1.97. The van der Waals surface area contributed by atoms with Gasteiger partial charge in [0.05, 0.1) is 18.5 Å². The van der Waals surface area contributed by atoms with Gasteiger partial charge in [0.2, 0.25) is 21.8 Å². The summed E-state index contributed by atoms with van der Waals surface area (Å²) < 4.78 is 27.3. The molecule has 1 atom stereocenters. The molecule has 2 aliphatic rings. The Kier molecular flexibility index (Phi) is 5.57. The number of hydrogen-bond acceptors (Lipinski definition) is 5. The number of sulfonamides is 1. The van der Waals surface area contributed by atoms with Gasteiger partial charge in [-0.25, -0.2) is 8.42 Å². The zero-order chi connectivity index (χ0) is 19.8. The number of aryl methyl sites for hydroxylation is 2. The molecule has 1 N–H and O–H groups in total. The fraction of sp³-hybridized carbons (Fsp3) is 0.706. The highest BCUT2D eigenvalue weighted by molar-refractivity contribution is 7.88. The van der Waals surface area contributed by atoms with Gasteiger partial charge >= 0.3 is 0 Å². The number of carbonyl (C=O) groups excluding carboxylic acids is 2. The topological polar surface area (TPSA) is 105 Å². The van der Waals surface area contributed by atoms with Gasteiger partial charge in [-0.1, -0.05) is 0 Å². The van der Waals surface area contributed by atoms with Crippen molar-refractivity contribution < 1.29 is 18.0 Å². The summed E-state index contributed by atoms with van der Waals surface area (Å²) in [5.74, 6) is 0.452. The standard InChI is InChI=1S/C17H27N5O4S/c1-12-9-16(20(2)19-12)21-8-4-5-14(17(21)24)22(27(3,25)26)11-15(23)18-10-13-6-7-13/h9,13-14H,4-8,10-11H2,1-3H3,(H,18,23)/t14-/m0/s1. The van der Waals surface area contributed by atoms with Crippen molar-refractivity contribution in [1.29, 1.82) is 0 Å². The number of anilines is 1. The predicted octanol–water partition coefficient (Wildman–Crippen LogP) is 0.0117. The third-order valence-corrected chi connectivity index (χ3v) is 6.26. The van der Waals surface area contributed by atoms with Crippen LogP contribution in [-0.2, 0) is 26.7 Å². The van der Waals surface area contributed by atoms with E-state index in [2.05, 4.69) is 10.4 Å². The van der Waals surface area contributed by atoms with Crippen molar-refractivity contribution in [2.24, 2.45) is 13.0 Å². The first-order chi connectivity index (χ1) is 12.7. The molecule has 27 heavy (non-hydrogen) atoms. The van der Waals surface area contributed by atoms with E-state index in [1.54, 1.807) is 22.7 Å². The number of rotatable bonds is 7. The molecule has 1 aromatic heterocycles. The summed E-state index contributed by atoms with van der Waals surface area (Å²) in [6.07, 6.45) is 4.28. The average molecular weight is 398 g/mol. The van der Waals surface area contributed by atoms with Gasteiger partial charge in [-0.3, -0.25) is 19.2 Å². The van der Waals surface area contributed by atoms with E-state index in [1.165, 1.54) is 0 Å². The van der Waals surface area contributed by atoms with Gasteiger partial charge in [-0.05, 0) is 38.5 Å². The number of aromatic nitrogens is 2. The summed E-state index contributed by atoms with van der Waals surface area (Å²) in [5.41, 5.74) is 0.779. The Morgan fingerprint density at radius 3 is 2.63 bits per heavy atom. The molecule has 9 nitrogen and oxygen atoms in total. The van der Waals surface area contributed by atoms with Crippen LogP contribution in [0.25, 0.3) is 0 Å². The first kappa shape index (κ1) is 19.8. The molecule has 3 rings (SSSR count). The minimum atomic E-state index is -3.72. The van der Waals surface area contributed by atoms with Crippen LogP contribution in [0, 0.1) is 12.8 Å². The molecule has 0 spiro atoms. The van der Waals surface area contributed by atoms with Crippen LogP contribution in [0.15, 0.2) is 6.07 Å². The SMILES string of the molecule is Cc1cc(N2CCC[C@H](N(CC(=O)NCC3CC3)S(C)(=O)=O)C2=O)n(C)n1. The maximum Gasteiger partial charge on any atom is 0.246 e. The molecule has 2 fully saturated rings. The van der Waals surface area contributed by atoms with Gasteiger partial charge in [0.25, 0.3) is 0 Å². The zero-order valence-electron chi connectivity index (χ0n) is 16.0. The number of hydrogen-bond donors (Lipinski definition) is 1. The molecule has 1 aliphatic heterocycles. The maximum absolute atomic E-state index is 13.1. The van der Waals surface area contributed by atoms with Crippen LogP contribution >= 0.6 is 0 Å². The number of piperidine rings is 1. The Hall–Kier alpha value is -1.94. The first-order valence-electron chi connectivity index (χ1n) is 9.22. The molecule has 1 aliphatic carbocycles. The smallest absolute Gasteiger partial charge is 0.246 e. The predicted molar refractivity (Wildman–Crippen MR) is 101 cm³/mol. The van der Waals surface area contributed by atoms with Crippen molar-refractivity contribution in [3.63, 3.8) is 0 Å². The Balaban J connectivity index is 1.77. The quantitative estimate of drug-likeness (QED) is 0.698. The number of nitrogens with one attached hydrogen (secondary N) is 1. The van der Waals surface area contributed by atoms with Crippen LogP contribution in [0.1, 0.15) is 31.4 Å². The molecule has 2 heterocycles. The van der Waals surface area contributed by atoms with Crippen LogP contribution < -0.4 is 10.2 Å². The molecule has 10 heteroatoms. The molecule has 0 radical (unpaired) electrons. The molecule has 1 aromatic rings. The summed E-state index contributed by atoms with van der Waals surface area (Å²) >= 11 is 0. The number of carbonyl (C=O) groups is 2. The van der Waals surface area contributed by atoms with Gasteiger partial charge in [0.15, 0.2) is 0 Å².